The van der Waals surface area contributed by atoms with E-state index in [1.165, 1.54) is 0 Å². The first kappa shape index (κ1) is 15.2. The topological polar surface area (TPSA) is 64.9 Å². The number of hydrogen-bond acceptors (Lipinski definition) is 4. The molecule has 5 nitrogen and oxygen atoms in total. The highest BCUT2D eigenvalue weighted by Gasteiger charge is 2.10. The highest BCUT2D eigenvalue weighted by atomic mass is 16.4. The van der Waals surface area contributed by atoms with Gasteiger partial charge < -0.3 is 10.4 Å². The standard InChI is InChI=1S/C14H21N3O2/c1-4-12(14(18)19)16-17(3)13-8-6-5-7-11(13)9-10-15-2/h5-8,15H,4,9-10H2,1-3H3,(H,18,19). The van der Waals surface area contributed by atoms with Crippen LogP contribution in [0.5, 0.6) is 0 Å². The molecule has 5 heteroatoms. The van der Waals surface area contributed by atoms with Gasteiger partial charge in [-0.15, -0.1) is 0 Å². The van der Waals surface area contributed by atoms with Crippen molar-refractivity contribution in [2.24, 2.45) is 5.10 Å². The molecule has 0 aliphatic heterocycles. The second kappa shape index (κ2) is 7.53. The molecule has 0 atom stereocenters. The van der Waals surface area contributed by atoms with Crippen LogP contribution < -0.4 is 10.3 Å². The van der Waals surface area contributed by atoms with Gasteiger partial charge in [-0.1, -0.05) is 25.1 Å². The number of nitrogens with one attached hydrogen (secondary N) is 1. The van der Waals surface area contributed by atoms with Gasteiger partial charge in [-0.25, -0.2) is 4.79 Å². The van der Waals surface area contributed by atoms with E-state index in [1.807, 2.05) is 31.3 Å². The molecule has 1 aromatic rings. The molecule has 0 aliphatic carbocycles. The predicted molar refractivity (Wildman–Crippen MR) is 77.8 cm³/mol. The fraction of sp³-hybridized carbons (Fsp3) is 0.429. The molecule has 2 N–H and O–H groups in total. The predicted octanol–water partition coefficient (Wildman–Crippen LogP) is 1.74. The molecule has 0 bridgehead atoms. The van der Waals surface area contributed by atoms with Gasteiger partial charge in [0.2, 0.25) is 0 Å². The van der Waals surface area contributed by atoms with Crippen LogP contribution in [0.2, 0.25) is 0 Å². The van der Waals surface area contributed by atoms with Crippen molar-refractivity contribution in [3.05, 3.63) is 29.8 Å². The number of aliphatic carboxylic acids is 1. The zero-order valence-corrected chi connectivity index (χ0v) is 11.7. The number of hydrogen-bond donors (Lipinski definition) is 2. The third-order valence-corrected chi connectivity index (χ3v) is 2.84. The Bertz CT molecular complexity index is 458. The van der Waals surface area contributed by atoms with E-state index in [0.717, 1.165) is 24.2 Å². The van der Waals surface area contributed by atoms with Crippen molar-refractivity contribution >= 4 is 17.4 Å². The van der Waals surface area contributed by atoms with Crippen molar-refractivity contribution in [3.63, 3.8) is 0 Å². The van der Waals surface area contributed by atoms with Crippen molar-refractivity contribution in [2.75, 3.05) is 25.6 Å². The lowest BCUT2D eigenvalue weighted by Gasteiger charge is -2.18. The summed E-state index contributed by atoms with van der Waals surface area (Å²) in [6.07, 6.45) is 1.28. The number of anilines is 1. The summed E-state index contributed by atoms with van der Waals surface area (Å²) < 4.78 is 0. The van der Waals surface area contributed by atoms with E-state index in [-0.39, 0.29) is 5.71 Å². The Kier molecular flexibility index (Phi) is 6.02. The molecule has 0 saturated carbocycles. The van der Waals surface area contributed by atoms with Crippen LogP contribution in [0.4, 0.5) is 5.69 Å². The zero-order chi connectivity index (χ0) is 14.3. The van der Waals surface area contributed by atoms with Crippen LogP contribution in [-0.4, -0.2) is 37.4 Å². The summed E-state index contributed by atoms with van der Waals surface area (Å²) >= 11 is 0. The number of carbonyl (C=O) groups is 1. The van der Waals surface area contributed by atoms with Gasteiger partial charge in [0, 0.05) is 7.05 Å². The summed E-state index contributed by atoms with van der Waals surface area (Å²) in [6.45, 7) is 2.65. The van der Waals surface area contributed by atoms with E-state index in [0.29, 0.717) is 6.42 Å². The molecule has 0 fully saturated rings. The fourth-order valence-electron chi connectivity index (χ4n) is 1.80. The van der Waals surface area contributed by atoms with E-state index in [2.05, 4.69) is 10.4 Å². The SMILES string of the molecule is CCC(=NN(C)c1ccccc1CCNC)C(=O)O. The largest absolute Gasteiger partial charge is 0.477 e. The van der Waals surface area contributed by atoms with Crippen molar-refractivity contribution in [2.45, 2.75) is 19.8 Å². The van der Waals surface area contributed by atoms with Crippen LogP contribution in [0.15, 0.2) is 29.4 Å². The quantitative estimate of drug-likeness (QED) is 0.581. The lowest BCUT2D eigenvalue weighted by Crippen LogP contribution is -2.20. The summed E-state index contributed by atoms with van der Waals surface area (Å²) in [5.41, 5.74) is 2.24. The monoisotopic (exact) mass is 263 g/mol. The van der Waals surface area contributed by atoms with Crippen molar-refractivity contribution in [3.8, 4) is 0 Å². The molecule has 0 heterocycles. The molecule has 0 radical (unpaired) electrons. The summed E-state index contributed by atoms with van der Waals surface area (Å²) in [4.78, 5) is 11.0. The minimum absolute atomic E-state index is 0.158. The Morgan fingerprint density at radius 1 is 1.42 bits per heavy atom. The number of nitrogens with zero attached hydrogens (tertiary/aromatic N) is 2. The smallest absolute Gasteiger partial charge is 0.352 e. The molecule has 104 valence electrons. The van der Waals surface area contributed by atoms with Crippen LogP contribution in [0.25, 0.3) is 0 Å². The highest BCUT2D eigenvalue weighted by Crippen LogP contribution is 2.20. The van der Waals surface area contributed by atoms with Crippen molar-refractivity contribution in [1.82, 2.24) is 5.32 Å². The Morgan fingerprint density at radius 2 is 2.11 bits per heavy atom. The normalized spacial score (nSPS) is 11.4. The van der Waals surface area contributed by atoms with Crippen LogP contribution in [0.3, 0.4) is 0 Å². The van der Waals surface area contributed by atoms with E-state index in [9.17, 15) is 4.79 Å². The summed E-state index contributed by atoms with van der Waals surface area (Å²) in [5.74, 6) is -0.970. The minimum atomic E-state index is -0.970. The molecule has 0 saturated heterocycles. The van der Waals surface area contributed by atoms with Crippen molar-refractivity contribution in [1.29, 1.82) is 0 Å². The average Bonchev–Trinajstić information content (AvgIpc) is 2.42. The van der Waals surface area contributed by atoms with Crippen LogP contribution >= 0.6 is 0 Å². The Hall–Kier alpha value is -1.88. The first-order valence-electron chi connectivity index (χ1n) is 6.37. The maximum atomic E-state index is 11.0. The molecular weight excluding hydrogens is 242 g/mol. The number of hydrazone groups is 1. The highest BCUT2D eigenvalue weighted by molar-refractivity contribution is 6.35. The number of para-hydroxylation sites is 1. The zero-order valence-electron chi connectivity index (χ0n) is 11.7. The van der Waals surface area contributed by atoms with E-state index < -0.39 is 5.97 Å². The third-order valence-electron chi connectivity index (χ3n) is 2.84. The van der Waals surface area contributed by atoms with Gasteiger partial charge in [-0.05, 0) is 38.1 Å². The van der Waals surface area contributed by atoms with E-state index in [4.69, 9.17) is 5.11 Å². The third kappa shape index (κ3) is 4.37. The Morgan fingerprint density at radius 3 is 2.68 bits per heavy atom. The maximum absolute atomic E-state index is 11.0. The van der Waals surface area contributed by atoms with Gasteiger partial charge in [0.05, 0.1) is 5.69 Å². The Labute approximate surface area is 113 Å². The maximum Gasteiger partial charge on any atom is 0.352 e. The number of benzene rings is 1. The molecule has 1 rings (SSSR count). The molecule has 0 unspecified atom stereocenters. The van der Waals surface area contributed by atoms with Crippen LogP contribution in [0, 0.1) is 0 Å². The fourth-order valence-corrected chi connectivity index (χ4v) is 1.80. The minimum Gasteiger partial charge on any atom is -0.477 e. The van der Waals surface area contributed by atoms with E-state index in [1.54, 1.807) is 19.0 Å². The summed E-state index contributed by atoms with van der Waals surface area (Å²) in [5, 5.41) is 17.9. The number of carboxylic acids is 1. The first-order valence-corrected chi connectivity index (χ1v) is 6.37. The van der Waals surface area contributed by atoms with Gasteiger partial charge in [0.25, 0.3) is 0 Å². The molecule has 0 spiro atoms. The van der Waals surface area contributed by atoms with Gasteiger partial charge >= 0.3 is 5.97 Å². The first-order chi connectivity index (χ1) is 9.10. The lowest BCUT2D eigenvalue weighted by atomic mass is 10.1. The molecule has 0 amide bonds. The molecule has 19 heavy (non-hydrogen) atoms. The molecule has 0 aromatic heterocycles. The average molecular weight is 263 g/mol. The molecular formula is C14H21N3O2. The van der Waals surface area contributed by atoms with Gasteiger partial charge in [0.15, 0.2) is 0 Å². The molecule has 0 aliphatic rings. The molecule has 1 aromatic carbocycles. The van der Waals surface area contributed by atoms with Gasteiger partial charge in [0.1, 0.15) is 5.71 Å². The van der Waals surface area contributed by atoms with Crippen molar-refractivity contribution < 1.29 is 9.90 Å². The second-order valence-electron chi connectivity index (χ2n) is 4.21. The van der Waals surface area contributed by atoms with E-state index >= 15 is 0 Å². The number of carboxylic acid groups (broad SMARTS) is 1. The van der Waals surface area contributed by atoms with Gasteiger partial charge in [-0.3, -0.25) is 5.01 Å². The van der Waals surface area contributed by atoms with Crippen LogP contribution in [-0.2, 0) is 11.2 Å². The van der Waals surface area contributed by atoms with Crippen LogP contribution in [0.1, 0.15) is 18.9 Å². The van der Waals surface area contributed by atoms with Gasteiger partial charge in [-0.2, -0.15) is 5.10 Å². The summed E-state index contributed by atoms with van der Waals surface area (Å²) in [7, 11) is 3.68. The lowest BCUT2D eigenvalue weighted by molar-refractivity contribution is -0.129. The Balaban J connectivity index is 2.98. The second-order valence-corrected chi connectivity index (χ2v) is 4.21. The summed E-state index contributed by atoms with van der Waals surface area (Å²) in [6, 6.07) is 7.88. The number of rotatable bonds is 7. The number of likely N-dealkylation sites (N-methyl/N-ethyl adjacent to an activating group) is 1.